The molecule has 188 valence electrons. The number of sulfonamides is 1. The average molecular weight is 524 g/mol. The summed E-state index contributed by atoms with van der Waals surface area (Å²) in [5.41, 5.74) is 1.27. The summed E-state index contributed by atoms with van der Waals surface area (Å²) in [7, 11) is -3.76. The molecule has 1 atom stereocenters. The van der Waals surface area contributed by atoms with Gasteiger partial charge in [-0.3, -0.25) is 14.4 Å². The van der Waals surface area contributed by atoms with Gasteiger partial charge in [0.25, 0.3) is 10.0 Å². The van der Waals surface area contributed by atoms with Crippen LogP contribution in [0.15, 0.2) is 58.9 Å². The predicted molar refractivity (Wildman–Crippen MR) is 134 cm³/mol. The number of hydrogen-bond donors (Lipinski definition) is 1. The van der Waals surface area contributed by atoms with Crippen LogP contribution in [0.4, 0.5) is 25.3 Å². The van der Waals surface area contributed by atoms with Gasteiger partial charge in [-0.1, -0.05) is 0 Å². The highest BCUT2D eigenvalue weighted by Gasteiger charge is 2.38. The molecule has 2 aromatic carbocycles. The number of carbonyl (C=O) groups is 1. The van der Waals surface area contributed by atoms with Crippen molar-refractivity contribution in [3.8, 4) is 0 Å². The summed E-state index contributed by atoms with van der Waals surface area (Å²) in [4.78, 5) is 23.0. The smallest absolute Gasteiger partial charge is 0.263 e. The maximum absolute atomic E-state index is 13.6. The molecule has 3 aromatic rings. The molecule has 0 unspecified atom stereocenters. The fourth-order valence-electron chi connectivity index (χ4n) is 4.49. The first-order valence-electron chi connectivity index (χ1n) is 11.1. The molecule has 12 heteroatoms. The van der Waals surface area contributed by atoms with Gasteiger partial charge < -0.3 is 9.80 Å². The number of piperazine rings is 1. The van der Waals surface area contributed by atoms with Crippen LogP contribution < -0.4 is 14.5 Å². The van der Waals surface area contributed by atoms with Crippen LogP contribution in [0.1, 0.15) is 9.27 Å². The fourth-order valence-corrected chi connectivity index (χ4v) is 6.28. The maximum Gasteiger partial charge on any atom is 0.263 e. The van der Waals surface area contributed by atoms with Gasteiger partial charge in [0, 0.05) is 64.6 Å². The Hall–Kier alpha value is -3.09. The molecule has 2 fully saturated rings. The summed E-state index contributed by atoms with van der Waals surface area (Å²) < 4.78 is 54.3. The molecule has 1 amide bonds. The molecule has 5 rings (SSSR count). The van der Waals surface area contributed by atoms with Crippen molar-refractivity contribution in [1.82, 2.24) is 9.88 Å². The quantitative estimate of drug-likeness (QED) is 0.531. The number of aromatic nitrogens is 1. The van der Waals surface area contributed by atoms with E-state index in [9.17, 15) is 22.0 Å². The molecule has 2 saturated heterocycles. The van der Waals surface area contributed by atoms with Crippen LogP contribution in [0.3, 0.4) is 0 Å². The molecule has 2 aliphatic heterocycles. The Balaban J connectivity index is 0.00000190. The first-order valence-corrected chi connectivity index (χ1v) is 13.5. The summed E-state index contributed by atoms with van der Waals surface area (Å²) in [5.74, 6) is -1.77. The van der Waals surface area contributed by atoms with Crippen molar-refractivity contribution in [2.45, 2.75) is 17.4 Å². The molecule has 2 aliphatic rings. The monoisotopic (exact) mass is 523 g/mol. The van der Waals surface area contributed by atoms with Crippen molar-refractivity contribution >= 4 is 43.8 Å². The highest BCUT2D eigenvalue weighted by Crippen LogP contribution is 2.28. The number of rotatable bonds is 6. The number of carbonyl (C=O) groups excluding carboxylic acids is 1. The molecule has 1 aromatic heterocycles. The lowest BCUT2D eigenvalue weighted by Crippen LogP contribution is -2.52. The molecular formula is C23H27F2N5O3S2. The topological polar surface area (TPSA) is 85.9 Å². The van der Waals surface area contributed by atoms with Crippen LogP contribution in [0.25, 0.3) is 0 Å². The molecule has 1 N–H and O–H groups in total. The third-order valence-corrected chi connectivity index (χ3v) is 8.49. The summed E-state index contributed by atoms with van der Waals surface area (Å²) in [6.45, 7) is 3.00. The third kappa shape index (κ3) is 4.86. The Morgan fingerprint density at radius 2 is 1.69 bits per heavy atom. The number of nitrogens with one attached hydrogen (secondary N) is 1. The summed E-state index contributed by atoms with van der Waals surface area (Å²) in [6.07, 6.45) is 2.18. The molecule has 8 nitrogen and oxygen atoms in total. The van der Waals surface area contributed by atoms with Crippen LogP contribution in [0.5, 0.6) is 0 Å². The van der Waals surface area contributed by atoms with Crippen LogP contribution in [0.2, 0.25) is 0 Å². The normalized spacial score (nSPS) is 19.4. The summed E-state index contributed by atoms with van der Waals surface area (Å²) >= 11 is 1.19. The Labute approximate surface area is 208 Å². The van der Waals surface area contributed by atoms with E-state index in [-0.39, 0.29) is 24.8 Å². The number of anilines is 3. The lowest BCUT2D eigenvalue weighted by molar-refractivity contribution is -0.121. The van der Waals surface area contributed by atoms with Crippen LogP contribution >= 0.6 is 11.3 Å². The van der Waals surface area contributed by atoms with Gasteiger partial charge >= 0.3 is 0 Å². The Bertz CT molecular complexity index is 1320. The zero-order chi connectivity index (χ0) is 24.6. The lowest BCUT2D eigenvalue weighted by atomic mass is 10.1. The molecule has 35 heavy (non-hydrogen) atoms. The minimum absolute atomic E-state index is 0. The molecule has 0 radical (unpaired) electrons. The zero-order valence-electron chi connectivity index (χ0n) is 18.6. The van der Waals surface area contributed by atoms with Gasteiger partial charge in [-0.25, -0.2) is 22.2 Å². The van der Waals surface area contributed by atoms with Crippen LogP contribution in [-0.4, -0.2) is 63.0 Å². The second-order valence-corrected chi connectivity index (χ2v) is 10.9. The molecule has 0 bridgehead atoms. The molecule has 3 heterocycles. The molecule has 0 saturated carbocycles. The van der Waals surface area contributed by atoms with Crippen molar-refractivity contribution in [2.24, 2.45) is 0 Å². The number of halogens is 2. The second-order valence-electron chi connectivity index (χ2n) is 8.35. The second kappa shape index (κ2) is 9.51. The average Bonchev–Trinajstić information content (AvgIpc) is 3.50. The number of thiazole rings is 1. The van der Waals surface area contributed by atoms with Crippen molar-refractivity contribution in [1.29, 1.82) is 0 Å². The van der Waals surface area contributed by atoms with Crippen molar-refractivity contribution < 1.29 is 24.8 Å². The van der Waals surface area contributed by atoms with E-state index < -0.39 is 21.7 Å². The largest absolute Gasteiger partial charge is 0.369 e. The lowest BCUT2D eigenvalue weighted by Gasteiger charge is -2.38. The highest BCUT2D eigenvalue weighted by molar-refractivity contribution is 7.93. The van der Waals surface area contributed by atoms with Gasteiger partial charge in [-0.05, 0) is 42.8 Å². The van der Waals surface area contributed by atoms with E-state index in [0.29, 0.717) is 50.5 Å². The van der Waals surface area contributed by atoms with Gasteiger partial charge in [0.05, 0.1) is 10.9 Å². The van der Waals surface area contributed by atoms with E-state index in [1.807, 2.05) is 4.90 Å². The van der Waals surface area contributed by atoms with E-state index in [1.165, 1.54) is 35.7 Å². The van der Waals surface area contributed by atoms with Crippen LogP contribution in [0, 0.1) is 11.6 Å². The maximum atomic E-state index is 13.6. The van der Waals surface area contributed by atoms with Crippen LogP contribution in [-0.2, 0) is 14.8 Å². The molecular weight excluding hydrogens is 496 g/mol. The van der Waals surface area contributed by atoms with Crippen molar-refractivity contribution in [3.63, 3.8) is 0 Å². The highest BCUT2D eigenvalue weighted by atomic mass is 32.2. The predicted octanol–water partition coefficient (Wildman–Crippen LogP) is 3.64. The number of nitrogens with zero attached hydrogens (tertiary/aromatic N) is 4. The van der Waals surface area contributed by atoms with Crippen molar-refractivity contribution in [2.75, 3.05) is 47.2 Å². The Morgan fingerprint density at radius 1 is 0.971 bits per heavy atom. The van der Waals surface area contributed by atoms with E-state index >= 15 is 0 Å². The minimum Gasteiger partial charge on any atom is -0.369 e. The minimum atomic E-state index is -3.76. The summed E-state index contributed by atoms with van der Waals surface area (Å²) in [6, 6.07) is 9.85. The van der Waals surface area contributed by atoms with Gasteiger partial charge in [0.15, 0.2) is 16.8 Å². The molecule has 0 spiro atoms. The van der Waals surface area contributed by atoms with Gasteiger partial charge in [0.2, 0.25) is 5.91 Å². The summed E-state index contributed by atoms with van der Waals surface area (Å²) in [5, 5.41) is 1.97. The van der Waals surface area contributed by atoms with Gasteiger partial charge in [0.1, 0.15) is 0 Å². The zero-order valence-corrected chi connectivity index (χ0v) is 20.2. The number of hydrogen-bond acceptors (Lipinski definition) is 7. The molecule has 0 aliphatic carbocycles. The number of amides is 1. The van der Waals surface area contributed by atoms with Gasteiger partial charge in [-0.15, -0.1) is 11.3 Å². The SMILES string of the molecule is O=C1[C@@H](N2CCN(c3ccc(F)c(F)c3)CC2)CCN1c1ccc(S(=O)(=O)Nc2nccs2)cc1.[HH].[HH]. The first-order chi connectivity index (χ1) is 16.8. The first kappa shape index (κ1) is 23.6. The Kier molecular flexibility index (Phi) is 6.43. The van der Waals surface area contributed by atoms with E-state index in [4.69, 9.17) is 0 Å². The number of benzene rings is 2. The van der Waals surface area contributed by atoms with Crippen molar-refractivity contribution in [3.05, 3.63) is 65.7 Å². The fraction of sp³-hybridized carbons (Fsp3) is 0.304. The van der Waals surface area contributed by atoms with E-state index in [1.54, 1.807) is 28.5 Å². The van der Waals surface area contributed by atoms with Gasteiger partial charge in [-0.2, -0.15) is 0 Å². The third-order valence-electron chi connectivity index (χ3n) is 6.31. The standard InChI is InChI=1S/C23H23F2N5O3S2.2H2/c24-19-6-3-17(15-20(19)25)28-10-12-29(13-11-28)21-7-9-30(22(21)31)16-1-4-18(5-2-16)35(32,33)27-23-26-8-14-34-23;;/h1-6,8,14-15,21H,7,9-13H2,(H,26,27);2*1H/t21-;;/m0../s1. The van der Waals surface area contributed by atoms with E-state index in [0.717, 1.165) is 6.07 Å². The Morgan fingerprint density at radius 3 is 2.34 bits per heavy atom. The van der Waals surface area contributed by atoms with E-state index in [2.05, 4.69) is 14.6 Å².